The van der Waals surface area contributed by atoms with E-state index >= 15 is 4.39 Å². The lowest BCUT2D eigenvalue weighted by atomic mass is 9.91. The van der Waals surface area contributed by atoms with Gasteiger partial charge in [0.1, 0.15) is 29.7 Å². The van der Waals surface area contributed by atoms with Gasteiger partial charge in [-0.05, 0) is 74.8 Å². The molecule has 3 saturated heterocycles. The van der Waals surface area contributed by atoms with Crippen LogP contribution >= 0.6 is 11.6 Å². The summed E-state index contributed by atoms with van der Waals surface area (Å²) >= 11 is 6.52. The zero-order valence-corrected chi connectivity index (χ0v) is 24.6. The molecule has 1 aromatic carbocycles. The predicted octanol–water partition coefficient (Wildman–Crippen LogP) is 5.91. The maximum Gasteiger partial charge on any atom is 0.317 e. The van der Waals surface area contributed by atoms with Gasteiger partial charge in [0.15, 0.2) is 5.82 Å². The number of piperidine rings is 1. The molecule has 1 amide bonds. The Labute approximate surface area is 253 Å². The minimum Gasteiger partial charge on any atom is -0.508 e. The van der Waals surface area contributed by atoms with Gasteiger partial charge in [-0.2, -0.15) is 9.97 Å². The molecule has 4 fully saturated rings. The van der Waals surface area contributed by atoms with E-state index in [-0.39, 0.29) is 47.3 Å². The van der Waals surface area contributed by atoms with E-state index in [1.54, 1.807) is 11.1 Å². The number of halogens is 3. The summed E-state index contributed by atoms with van der Waals surface area (Å²) in [6, 6.07) is 3.02. The lowest BCUT2D eigenvalue weighted by Gasteiger charge is -2.32. The van der Waals surface area contributed by atoms with Crippen LogP contribution < -0.4 is 4.74 Å². The van der Waals surface area contributed by atoms with E-state index in [9.17, 15) is 14.3 Å². The Morgan fingerprint density at radius 1 is 1.19 bits per heavy atom. The zero-order valence-electron chi connectivity index (χ0n) is 23.9. The van der Waals surface area contributed by atoms with E-state index < -0.39 is 17.5 Å². The Morgan fingerprint density at radius 3 is 2.72 bits per heavy atom. The quantitative estimate of drug-likeness (QED) is 0.333. The fourth-order valence-corrected chi connectivity index (χ4v) is 7.73. The van der Waals surface area contributed by atoms with Crippen LogP contribution in [-0.4, -0.2) is 80.3 Å². The summed E-state index contributed by atoms with van der Waals surface area (Å²) in [6.45, 7) is 6.08. The van der Waals surface area contributed by atoms with Crippen molar-refractivity contribution in [3.05, 3.63) is 53.1 Å². The maximum absolute atomic E-state index is 16.6. The Balaban J connectivity index is 1.30. The smallest absolute Gasteiger partial charge is 0.317 e. The molecular weight excluding hydrogens is 576 g/mol. The van der Waals surface area contributed by atoms with Crippen LogP contribution in [-0.2, 0) is 4.79 Å². The van der Waals surface area contributed by atoms with Crippen molar-refractivity contribution in [3.63, 3.8) is 0 Å². The van der Waals surface area contributed by atoms with Gasteiger partial charge in [-0.1, -0.05) is 18.2 Å². The predicted molar refractivity (Wildman–Crippen MR) is 159 cm³/mol. The third kappa shape index (κ3) is 5.12. The fourth-order valence-electron chi connectivity index (χ4n) is 7.36. The van der Waals surface area contributed by atoms with Gasteiger partial charge in [-0.25, -0.2) is 8.78 Å². The summed E-state index contributed by atoms with van der Waals surface area (Å²) in [4.78, 5) is 30.0. The van der Waals surface area contributed by atoms with Gasteiger partial charge in [0, 0.05) is 54.1 Å². The minimum atomic E-state index is -0.902. The van der Waals surface area contributed by atoms with Crippen molar-refractivity contribution in [2.24, 2.45) is 0 Å². The molecule has 0 bridgehead atoms. The van der Waals surface area contributed by atoms with E-state index in [4.69, 9.17) is 21.3 Å². The van der Waals surface area contributed by atoms with Gasteiger partial charge in [0.25, 0.3) is 0 Å². The van der Waals surface area contributed by atoms with Crippen LogP contribution in [0.2, 0.25) is 5.02 Å². The summed E-state index contributed by atoms with van der Waals surface area (Å²) in [6.07, 6.45) is 7.32. The molecule has 226 valence electrons. The second-order valence-electron chi connectivity index (χ2n) is 12.4. The maximum atomic E-state index is 16.6. The summed E-state index contributed by atoms with van der Waals surface area (Å²) in [7, 11) is 0. The average molecular weight is 610 g/mol. The number of likely N-dealkylation sites (tertiary alicyclic amines) is 1. The highest BCUT2D eigenvalue weighted by molar-refractivity contribution is 6.32. The van der Waals surface area contributed by atoms with Crippen molar-refractivity contribution in [2.75, 3.05) is 32.8 Å². The van der Waals surface area contributed by atoms with Crippen LogP contribution in [0.25, 0.3) is 22.2 Å². The Kier molecular flexibility index (Phi) is 7.24. The molecule has 3 aliphatic heterocycles. The van der Waals surface area contributed by atoms with Crippen molar-refractivity contribution >= 4 is 28.4 Å². The summed E-state index contributed by atoms with van der Waals surface area (Å²) < 4.78 is 37.2. The van der Waals surface area contributed by atoms with Crippen LogP contribution in [0.15, 0.2) is 31.0 Å². The number of phenolic OH excluding ortho intramolecular Hbond substituents is 1. The lowest BCUT2D eigenvalue weighted by molar-refractivity contribution is -0.127. The van der Waals surface area contributed by atoms with Gasteiger partial charge in [0.2, 0.25) is 5.91 Å². The SMILES string of the molecule is C=CC(=O)N1CCC(c2nc(OC[C@@]34CCCN3C[C@H](F)C4)nc3c(F)c(-c4cc(O)cc(Cl)c4C4CC4)ncc23)CC1. The first-order chi connectivity index (χ1) is 20.8. The van der Waals surface area contributed by atoms with Crippen molar-refractivity contribution in [1.29, 1.82) is 0 Å². The first kappa shape index (κ1) is 28.4. The van der Waals surface area contributed by atoms with Crippen LogP contribution in [0.4, 0.5) is 8.78 Å². The number of hydrogen-bond acceptors (Lipinski definition) is 7. The normalized spacial score (nSPS) is 24.4. The van der Waals surface area contributed by atoms with Crippen LogP contribution in [0.3, 0.4) is 0 Å². The number of amides is 1. The number of ether oxygens (including phenoxy) is 1. The van der Waals surface area contributed by atoms with Crippen molar-refractivity contribution in [1.82, 2.24) is 24.8 Å². The second kappa shape index (κ2) is 11.0. The van der Waals surface area contributed by atoms with Gasteiger partial charge in [0.05, 0.1) is 11.2 Å². The number of phenols is 1. The highest BCUT2D eigenvalue weighted by Crippen LogP contribution is 2.49. The third-order valence-electron chi connectivity index (χ3n) is 9.65. The first-order valence-corrected chi connectivity index (χ1v) is 15.5. The third-order valence-corrected chi connectivity index (χ3v) is 9.96. The molecule has 4 aliphatic rings. The Bertz CT molecular complexity index is 1610. The topological polar surface area (TPSA) is 91.7 Å². The highest BCUT2D eigenvalue weighted by atomic mass is 35.5. The van der Waals surface area contributed by atoms with E-state index in [1.807, 2.05) is 0 Å². The fraction of sp³-hybridized carbons (Fsp3) is 0.500. The molecule has 5 heterocycles. The number of aromatic hydroxyl groups is 1. The van der Waals surface area contributed by atoms with E-state index in [1.165, 1.54) is 18.2 Å². The first-order valence-electron chi connectivity index (χ1n) is 15.1. The van der Waals surface area contributed by atoms with Gasteiger partial charge in [-0.3, -0.25) is 14.7 Å². The number of nitrogens with zero attached hydrogens (tertiary/aromatic N) is 5. The van der Waals surface area contributed by atoms with Crippen molar-refractivity contribution in [3.8, 4) is 23.0 Å². The van der Waals surface area contributed by atoms with Crippen LogP contribution in [0.1, 0.15) is 68.0 Å². The number of aromatic nitrogens is 3. The van der Waals surface area contributed by atoms with Crippen molar-refractivity contribution in [2.45, 2.75) is 68.5 Å². The number of alkyl halides is 1. The van der Waals surface area contributed by atoms with E-state index in [0.29, 0.717) is 60.6 Å². The molecule has 8 nitrogen and oxygen atoms in total. The molecule has 1 aliphatic carbocycles. The zero-order chi connectivity index (χ0) is 29.9. The lowest BCUT2D eigenvalue weighted by Crippen LogP contribution is -2.43. The second-order valence-corrected chi connectivity index (χ2v) is 12.8. The molecule has 2 aromatic heterocycles. The molecular formula is C32H34ClF2N5O3. The number of fused-ring (bicyclic) bond motifs is 2. The molecule has 11 heteroatoms. The van der Waals surface area contributed by atoms with Gasteiger partial charge >= 0.3 is 6.01 Å². The summed E-state index contributed by atoms with van der Waals surface area (Å²) in [5.74, 6) is -0.718. The van der Waals surface area contributed by atoms with Gasteiger partial charge < -0.3 is 14.7 Å². The number of carbonyl (C=O) groups is 1. The molecule has 0 spiro atoms. The molecule has 7 rings (SSSR count). The number of hydrogen-bond donors (Lipinski definition) is 1. The molecule has 0 unspecified atom stereocenters. The number of rotatable bonds is 7. The highest BCUT2D eigenvalue weighted by Gasteiger charge is 2.49. The molecule has 1 saturated carbocycles. The Hall–Kier alpha value is -3.37. The minimum absolute atomic E-state index is 0.0445. The Morgan fingerprint density at radius 2 is 1.98 bits per heavy atom. The standard InChI is InChI=1S/C32H34ClF2N5O3/c1-2-25(42)39-10-6-19(7-11-39)28-23-15-36-29(22-12-21(41)13-24(33)26(22)18-4-5-18)27(35)30(23)38-31(37-28)43-17-32-8-3-9-40(32)16-20(34)14-32/h2,12-13,15,18-20,41H,1,3-11,14,16-17H2/t20-,32+/m1/s1. The molecule has 0 radical (unpaired) electrons. The number of pyridine rings is 1. The molecule has 2 atom stereocenters. The molecule has 43 heavy (non-hydrogen) atoms. The number of benzene rings is 1. The van der Waals surface area contributed by atoms with E-state index in [2.05, 4.69) is 21.4 Å². The van der Waals surface area contributed by atoms with Crippen molar-refractivity contribution < 1.29 is 23.4 Å². The van der Waals surface area contributed by atoms with Crippen LogP contribution in [0.5, 0.6) is 11.8 Å². The van der Waals surface area contributed by atoms with Crippen LogP contribution in [0, 0.1) is 5.82 Å². The van der Waals surface area contributed by atoms with E-state index in [0.717, 1.165) is 37.8 Å². The monoisotopic (exact) mass is 609 g/mol. The number of carbonyl (C=O) groups excluding carboxylic acids is 1. The summed E-state index contributed by atoms with van der Waals surface area (Å²) in [5, 5.41) is 11.2. The molecule has 1 N–H and O–H groups in total. The van der Waals surface area contributed by atoms with Gasteiger partial charge in [-0.15, -0.1) is 0 Å². The molecule has 3 aromatic rings. The summed E-state index contributed by atoms with van der Waals surface area (Å²) in [5.41, 5.74) is 1.57. The average Bonchev–Trinajstić information content (AvgIpc) is 3.68. The largest absolute Gasteiger partial charge is 0.508 e.